The van der Waals surface area contributed by atoms with Crippen LogP contribution in [0.1, 0.15) is 11.3 Å². The van der Waals surface area contributed by atoms with E-state index in [1.807, 2.05) is 48.0 Å². The van der Waals surface area contributed by atoms with Crippen molar-refractivity contribution in [2.45, 2.75) is 6.92 Å². The lowest BCUT2D eigenvalue weighted by Gasteiger charge is -2.12. The number of aryl methyl sites for hydroxylation is 1. The molecule has 0 radical (unpaired) electrons. The van der Waals surface area contributed by atoms with Crippen molar-refractivity contribution < 1.29 is 23.5 Å². The topological polar surface area (TPSA) is 92.7 Å². The molecule has 1 saturated heterocycles. The van der Waals surface area contributed by atoms with Gasteiger partial charge in [0.05, 0.1) is 12.8 Å². The summed E-state index contributed by atoms with van der Waals surface area (Å²) in [4.78, 5) is 38.0. The number of rotatable bonds is 6. The minimum Gasteiger partial charge on any atom is -0.497 e. The van der Waals surface area contributed by atoms with Gasteiger partial charge >= 0.3 is 6.03 Å². The van der Waals surface area contributed by atoms with Crippen molar-refractivity contribution in [1.29, 1.82) is 0 Å². The first-order valence-corrected chi connectivity index (χ1v) is 10.1. The standard InChI is InChI=1S/C24H21FN4O4/c1-15-11-16(13-28(15)17-7-9-18(33-2)10-8-17)12-21-23(31)29(24(32)27-21)14-22(30)26-20-6-4-3-5-19(20)25/h3-13H,14H2,1-2H3,(H,26,30)(H,27,32)/b21-12+. The number of ether oxygens (including phenoxy) is 1. The highest BCUT2D eigenvalue weighted by molar-refractivity contribution is 6.15. The number of methoxy groups -OCH3 is 1. The zero-order valence-electron chi connectivity index (χ0n) is 18.0. The van der Waals surface area contributed by atoms with Crippen LogP contribution in [-0.4, -0.2) is 41.0 Å². The molecule has 4 amide bonds. The number of hydrogen-bond acceptors (Lipinski definition) is 4. The van der Waals surface area contributed by atoms with Gasteiger partial charge < -0.3 is 19.9 Å². The molecule has 4 rings (SSSR count). The van der Waals surface area contributed by atoms with Crippen molar-refractivity contribution in [2.75, 3.05) is 19.0 Å². The molecule has 1 fully saturated rings. The zero-order valence-corrected chi connectivity index (χ0v) is 18.0. The van der Waals surface area contributed by atoms with Crippen molar-refractivity contribution in [3.63, 3.8) is 0 Å². The number of halogens is 1. The second kappa shape index (κ2) is 8.99. The molecule has 2 N–H and O–H groups in total. The summed E-state index contributed by atoms with van der Waals surface area (Å²) in [7, 11) is 1.60. The number of nitrogens with zero attached hydrogens (tertiary/aromatic N) is 2. The van der Waals surface area contributed by atoms with Crippen LogP contribution in [0.2, 0.25) is 0 Å². The van der Waals surface area contributed by atoms with Gasteiger partial charge in [-0.15, -0.1) is 0 Å². The van der Waals surface area contributed by atoms with Gasteiger partial charge in [-0.1, -0.05) is 12.1 Å². The van der Waals surface area contributed by atoms with E-state index in [0.29, 0.717) is 5.56 Å². The maximum absolute atomic E-state index is 13.7. The number of amides is 4. The monoisotopic (exact) mass is 448 g/mol. The van der Waals surface area contributed by atoms with E-state index in [9.17, 15) is 18.8 Å². The van der Waals surface area contributed by atoms with Crippen LogP contribution in [0.3, 0.4) is 0 Å². The third-order valence-electron chi connectivity index (χ3n) is 5.11. The van der Waals surface area contributed by atoms with E-state index in [-0.39, 0.29) is 11.4 Å². The van der Waals surface area contributed by atoms with Gasteiger partial charge in [0.2, 0.25) is 5.91 Å². The highest BCUT2D eigenvalue weighted by Gasteiger charge is 2.35. The SMILES string of the molecule is COc1ccc(-n2cc(/C=C3/NC(=O)N(CC(=O)Nc4ccccc4F)C3=O)cc2C)cc1. The van der Waals surface area contributed by atoms with Gasteiger partial charge in [0, 0.05) is 17.6 Å². The summed E-state index contributed by atoms with van der Waals surface area (Å²) in [5.74, 6) is -1.20. The van der Waals surface area contributed by atoms with E-state index in [4.69, 9.17) is 4.74 Å². The first kappa shape index (κ1) is 21.8. The molecule has 33 heavy (non-hydrogen) atoms. The van der Waals surface area contributed by atoms with Crippen LogP contribution in [0, 0.1) is 12.7 Å². The molecule has 168 valence electrons. The van der Waals surface area contributed by atoms with E-state index in [1.54, 1.807) is 19.3 Å². The lowest BCUT2D eigenvalue weighted by atomic mass is 10.2. The summed E-state index contributed by atoms with van der Waals surface area (Å²) in [6, 6.07) is 14.3. The molecule has 0 spiro atoms. The fraction of sp³-hybridized carbons (Fsp3) is 0.125. The van der Waals surface area contributed by atoms with Crippen LogP contribution in [0.25, 0.3) is 11.8 Å². The fourth-order valence-corrected chi connectivity index (χ4v) is 3.48. The number of para-hydroxylation sites is 1. The molecule has 0 saturated carbocycles. The number of urea groups is 1. The molecule has 0 unspecified atom stereocenters. The van der Waals surface area contributed by atoms with Crippen molar-refractivity contribution in [2.24, 2.45) is 0 Å². The summed E-state index contributed by atoms with van der Waals surface area (Å²) in [5, 5.41) is 4.85. The molecule has 1 aliphatic heterocycles. The van der Waals surface area contributed by atoms with Gasteiger partial charge in [0.1, 0.15) is 23.8 Å². The van der Waals surface area contributed by atoms with Crippen molar-refractivity contribution in [1.82, 2.24) is 14.8 Å². The van der Waals surface area contributed by atoms with Crippen molar-refractivity contribution >= 4 is 29.6 Å². The molecule has 9 heteroatoms. The maximum atomic E-state index is 13.7. The number of aromatic nitrogens is 1. The lowest BCUT2D eigenvalue weighted by Crippen LogP contribution is -2.38. The molecule has 1 aliphatic rings. The first-order chi connectivity index (χ1) is 15.9. The average Bonchev–Trinajstić information content (AvgIpc) is 3.29. The van der Waals surface area contributed by atoms with Crippen LogP contribution >= 0.6 is 0 Å². The molecule has 8 nitrogen and oxygen atoms in total. The van der Waals surface area contributed by atoms with E-state index >= 15 is 0 Å². The van der Waals surface area contributed by atoms with E-state index in [0.717, 1.165) is 22.0 Å². The predicted octanol–water partition coefficient (Wildman–Crippen LogP) is 3.46. The molecule has 1 aromatic heterocycles. The molecular weight excluding hydrogens is 427 g/mol. The van der Waals surface area contributed by atoms with Gasteiger partial charge in [0.15, 0.2) is 0 Å². The Hall–Kier alpha value is -4.40. The Morgan fingerprint density at radius 3 is 2.58 bits per heavy atom. The number of imide groups is 1. The Morgan fingerprint density at radius 2 is 1.88 bits per heavy atom. The summed E-state index contributed by atoms with van der Waals surface area (Å²) in [6.07, 6.45) is 3.37. The van der Waals surface area contributed by atoms with Gasteiger partial charge in [0.25, 0.3) is 5.91 Å². The highest BCUT2D eigenvalue weighted by atomic mass is 19.1. The van der Waals surface area contributed by atoms with E-state index < -0.39 is 30.2 Å². The van der Waals surface area contributed by atoms with Gasteiger partial charge in [-0.2, -0.15) is 0 Å². The summed E-state index contributed by atoms with van der Waals surface area (Å²) < 4.78 is 20.8. The maximum Gasteiger partial charge on any atom is 0.329 e. The molecule has 0 atom stereocenters. The molecule has 0 aliphatic carbocycles. The smallest absolute Gasteiger partial charge is 0.329 e. The number of carbonyl (C=O) groups is 3. The quantitative estimate of drug-likeness (QED) is 0.446. The lowest BCUT2D eigenvalue weighted by molar-refractivity contribution is -0.127. The van der Waals surface area contributed by atoms with Crippen LogP contribution in [0.4, 0.5) is 14.9 Å². The minimum atomic E-state index is -0.721. The first-order valence-electron chi connectivity index (χ1n) is 10.1. The number of anilines is 1. The second-order valence-electron chi connectivity index (χ2n) is 7.39. The average molecular weight is 448 g/mol. The van der Waals surface area contributed by atoms with Gasteiger partial charge in [-0.05, 0) is 61.0 Å². The minimum absolute atomic E-state index is 0.0272. The normalized spacial score (nSPS) is 14.5. The van der Waals surface area contributed by atoms with Crippen LogP contribution in [-0.2, 0) is 9.59 Å². The highest BCUT2D eigenvalue weighted by Crippen LogP contribution is 2.21. The van der Waals surface area contributed by atoms with Crippen molar-refractivity contribution in [3.8, 4) is 11.4 Å². The Labute approximate surface area is 189 Å². The van der Waals surface area contributed by atoms with Gasteiger partial charge in [-0.25, -0.2) is 14.1 Å². The van der Waals surface area contributed by atoms with Gasteiger partial charge in [-0.3, -0.25) is 9.59 Å². The Morgan fingerprint density at radius 1 is 1.15 bits per heavy atom. The summed E-state index contributed by atoms with van der Waals surface area (Å²) >= 11 is 0. The van der Waals surface area contributed by atoms with Crippen molar-refractivity contribution in [3.05, 3.63) is 83.6 Å². The van der Waals surface area contributed by atoms with E-state index in [1.165, 1.54) is 18.2 Å². The number of benzene rings is 2. The number of hydrogen-bond donors (Lipinski definition) is 2. The van der Waals surface area contributed by atoms with Crippen LogP contribution in [0.5, 0.6) is 5.75 Å². The fourth-order valence-electron chi connectivity index (χ4n) is 3.48. The summed E-state index contributed by atoms with van der Waals surface area (Å²) in [6.45, 7) is 1.38. The molecular formula is C24H21FN4O4. The molecule has 2 heterocycles. The third-order valence-corrected chi connectivity index (χ3v) is 5.11. The largest absolute Gasteiger partial charge is 0.497 e. The number of nitrogens with one attached hydrogen (secondary N) is 2. The summed E-state index contributed by atoms with van der Waals surface area (Å²) in [5.41, 5.74) is 2.55. The van der Waals surface area contributed by atoms with Crippen LogP contribution in [0.15, 0.2) is 66.5 Å². The Kier molecular flexibility index (Phi) is 5.95. The van der Waals surface area contributed by atoms with E-state index in [2.05, 4.69) is 10.6 Å². The number of carbonyl (C=O) groups excluding carboxylic acids is 3. The Bertz CT molecular complexity index is 1260. The molecule has 3 aromatic rings. The predicted molar refractivity (Wildman–Crippen MR) is 120 cm³/mol. The molecule has 0 bridgehead atoms. The third kappa shape index (κ3) is 4.62. The Balaban J connectivity index is 1.48. The van der Waals surface area contributed by atoms with Crippen LogP contribution < -0.4 is 15.4 Å². The zero-order chi connectivity index (χ0) is 23.5. The molecule has 2 aromatic carbocycles. The second-order valence-corrected chi connectivity index (χ2v) is 7.39.